The van der Waals surface area contributed by atoms with E-state index in [1.54, 1.807) is 0 Å². The molecule has 1 N–H and O–H groups in total. The average molecular weight is 179 g/mol. The van der Waals surface area contributed by atoms with Crippen LogP contribution in [0.4, 0.5) is 4.39 Å². The van der Waals surface area contributed by atoms with Gasteiger partial charge in [-0.2, -0.15) is 0 Å². The molecule has 0 spiro atoms. The highest BCUT2D eigenvalue weighted by Gasteiger charge is 2.24. The van der Waals surface area contributed by atoms with Crippen LogP contribution >= 0.6 is 0 Å². The van der Waals surface area contributed by atoms with Gasteiger partial charge in [0.1, 0.15) is 6.17 Å². The number of halogens is 1. The van der Waals surface area contributed by atoms with E-state index in [0.29, 0.717) is 6.42 Å². The fourth-order valence-corrected chi connectivity index (χ4v) is 1.84. The van der Waals surface area contributed by atoms with E-state index in [1.165, 1.54) is 0 Å². The Labute approximate surface area is 78.0 Å². The predicted octanol–water partition coefficient (Wildman–Crippen LogP) is 2.45. The molecule has 0 radical (unpaired) electrons. The molecule has 1 aromatic rings. The van der Waals surface area contributed by atoms with Gasteiger partial charge in [-0.3, -0.25) is 0 Å². The Bertz CT molecular complexity index is 260. The van der Waals surface area contributed by atoms with Crippen molar-refractivity contribution in [2.45, 2.75) is 25.1 Å². The Hall–Kier alpha value is -0.890. The SMILES string of the molecule is F[C@H]1CCCN[C@H]1c1ccccc1. The van der Waals surface area contributed by atoms with Gasteiger partial charge in [-0.25, -0.2) is 4.39 Å². The summed E-state index contributed by atoms with van der Waals surface area (Å²) in [4.78, 5) is 0. The molecule has 0 unspecified atom stereocenters. The van der Waals surface area contributed by atoms with E-state index in [0.717, 1.165) is 18.5 Å². The van der Waals surface area contributed by atoms with Gasteiger partial charge in [0.05, 0.1) is 6.04 Å². The maximum atomic E-state index is 13.5. The summed E-state index contributed by atoms with van der Waals surface area (Å²) < 4.78 is 13.5. The van der Waals surface area contributed by atoms with Crippen molar-refractivity contribution in [1.29, 1.82) is 0 Å². The minimum absolute atomic E-state index is 0.0880. The van der Waals surface area contributed by atoms with Gasteiger partial charge in [0, 0.05) is 0 Å². The lowest BCUT2D eigenvalue weighted by Crippen LogP contribution is -2.35. The second-order valence-corrected chi connectivity index (χ2v) is 3.50. The van der Waals surface area contributed by atoms with E-state index in [9.17, 15) is 4.39 Å². The van der Waals surface area contributed by atoms with Gasteiger partial charge in [-0.15, -0.1) is 0 Å². The Morgan fingerprint density at radius 1 is 1.23 bits per heavy atom. The number of benzene rings is 1. The van der Waals surface area contributed by atoms with Crippen LogP contribution in [-0.4, -0.2) is 12.7 Å². The van der Waals surface area contributed by atoms with Crippen LogP contribution in [0.15, 0.2) is 30.3 Å². The smallest absolute Gasteiger partial charge is 0.120 e. The van der Waals surface area contributed by atoms with Gasteiger partial charge in [-0.05, 0) is 24.9 Å². The first-order valence-corrected chi connectivity index (χ1v) is 4.80. The van der Waals surface area contributed by atoms with Gasteiger partial charge >= 0.3 is 0 Å². The Balaban J connectivity index is 2.15. The minimum Gasteiger partial charge on any atom is -0.308 e. The van der Waals surface area contributed by atoms with Gasteiger partial charge in [0.2, 0.25) is 0 Å². The molecule has 1 fully saturated rings. The summed E-state index contributed by atoms with van der Waals surface area (Å²) in [7, 11) is 0. The molecule has 1 saturated heterocycles. The van der Waals surface area contributed by atoms with Crippen molar-refractivity contribution < 1.29 is 4.39 Å². The molecule has 0 aliphatic carbocycles. The zero-order chi connectivity index (χ0) is 9.10. The van der Waals surface area contributed by atoms with Crippen LogP contribution in [0.1, 0.15) is 24.4 Å². The molecule has 1 heterocycles. The van der Waals surface area contributed by atoms with Crippen LogP contribution in [0.25, 0.3) is 0 Å². The van der Waals surface area contributed by atoms with Gasteiger partial charge in [0.25, 0.3) is 0 Å². The summed E-state index contributed by atoms with van der Waals surface area (Å²) in [5, 5.41) is 3.21. The third-order valence-electron chi connectivity index (χ3n) is 2.54. The maximum absolute atomic E-state index is 13.5. The molecule has 0 saturated carbocycles. The van der Waals surface area contributed by atoms with Crippen molar-refractivity contribution in [3.63, 3.8) is 0 Å². The second-order valence-electron chi connectivity index (χ2n) is 3.50. The van der Waals surface area contributed by atoms with Crippen molar-refractivity contribution in [1.82, 2.24) is 5.32 Å². The molecule has 1 aromatic carbocycles. The number of alkyl halides is 1. The summed E-state index contributed by atoms with van der Waals surface area (Å²) in [6.45, 7) is 0.931. The fourth-order valence-electron chi connectivity index (χ4n) is 1.84. The molecule has 2 atom stereocenters. The van der Waals surface area contributed by atoms with E-state index in [-0.39, 0.29) is 6.04 Å². The Kier molecular flexibility index (Phi) is 2.60. The standard InChI is InChI=1S/C11H14FN/c12-10-7-4-8-13-11(10)9-5-2-1-3-6-9/h1-3,5-6,10-11,13H,4,7-8H2/t10-,11-/m0/s1. The quantitative estimate of drug-likeness (QED) is 0.698. The van der Waals surface area contributed by atoms with Crippen molar-refractivity contribution in [2.24, 2.45) is 0 Å². The molecule has 0 bridgehead atoms. The summed E-state index contributed by atoms with van der Waals surface area (Å²) in [6.07, 6.45) is 0.910. The zero-order valence-electron chi connectivity index (χ0n) is 7.54. The number of rotatable bonds is 1. The first kappa shape index (κ1) is 8.70. The zero-order valence-corrected chi connectivity index (χ0v) is 7.54. The summed E-state index contributed by atoms with van der Waals surface area (Å²) in [5.74, 6) is 0. The highest BCUT2D eigenvalue weighted by atomic mass is 19.1. The molecule has 0 aromatic heterocycles. The molecule has 2 heteroatoms. The minimum atomic E-state index is -0.726. The Morgan fingerprint density at radius 2 is 2.00 bits per heavy atom. The first-order valence-electron chi connectivity index (χ1n) is 4.80. The molecule has 70 valence electrons. The largest absolute Gasteiger partial charge is 0.308 e. The monoisotopic (exact) mass is 179 g/mol. The molecule has 2 rings (SSSR count). The van der Waals surface area contributed by atoms with Crippen molar-refractivity contribution in [3.8, 4) is 0 Å². The number of nitrogens with one attached hydrogen (secondary N) is 1. The molecule has 1 aliphatic rings. The summed E-state index contributed by atoms with van der Waals surface area (Å²) >= 11 is 0. The molecule has 13 heavy (non-hydrogen) atoms. The summed E-state index contributed by atoms with van der Waals surface area (Å²) in [6, 6.07) is 9.75. The lowest BCUT2D eigenvalue weighted by Gasteiger charge is -2.27. The van der Waals surface area contributed by atoms with Crippen LogP contribution < -0.4 is 5.32 Å². The van der Waals surface area contributed by atoms with E-state index in [2.05, 4.69) is 5.32 Å². The van der Waals surface area contributed by atoms with Crippen molar-refractivity contribution >= 4 is 0 Å². The normalized spacial score (nSPS) is 28.7. The van der Waals surface area contributed by atoms with E-state index < -0.39 is 6.17 Å². The van der Waals surface area contributed by atoms with Crippen molar-refractivity contribution in [2.75, 3.05) is 6.54 Å². The highest BCUT2D eigenvalue weighted by molar-refractivity contribution is 5.20. The number of hydrogen-bond acceptors (Lipinski definition) is 1. The second kappa shape index (κ2) is 3.88. The highest BCUT2D eigenvalue weighted by Crippen LogP contribution is 2.25. The van der Waals surface area contributed by atoms with Gasteiger partial charge < -0.3 is 5.32 Å². The maximum Gasteiger partial charge on any atom is 0.120 e. The van der Waals surface area contributed by atoms with E-state index in [4.69, 9.17) is 0 Å². The van der Waals surface area contributed by atoms with Gasteiger partial charge in [-0.1, -0.05) is 30.3 Å². The average Bonchev–Trinajstić information content (AvgIpc) is 2.20. The predicted molar refractivity (Wildman–Crippen MR) is 51.3 cm³/mol. The molecular formula is C11H14FN. The fraction of sp³-hybridized carbons (Fsp3) is 0.455. The van der Waals surface area contributed by atoms with Crippen molar-refractivity contribution in [3.05, 3.63) is 35.9 Å². The van der Waals surface area contributed by atoms with Crippen LogP contribution in [-0.2, 0) is 0 Å². The lowest BCUT2D eigenvalue weighted by molar-refractivity contribution is 0.201. The topological polar surface area (TPSA) is 12.0 Å². The van der Waals surface area contributed by atoms with Crippen LogP contribution in [0, 0.1) is 0 Å². The Morgan fingerprint density at radius 3 is 2.69 bits per heavy atom. The molecular weight excluding hydrogens is 165 g/mol. The van der Waals surface area contributed by atoms with E-state index in [1.807, 2.05) is 30.3 Å². The number of piperidine rings is 1. The first-order chi connectivity index (χ1) is 6.38. The number of hydrogen-bond donors (Lipinski definition) is 1. The molecule has 1 nitrogen and oxygen atoms in total. The van der Waals surface area contributed by atoms with Gasteiger partial charge in [0.15, 0.2) is 0 Å². The van der Waals surface area contributed by atoms with Crippen LogP contribution in [0.3, 0.4) is 0 Å². The third kappa shape index (κ3) is 1.89. The third-order valence-corrected chi connectivity index (χ3v) is 2.54. The molecule has 0 amide bonds. The van der Waals surface area contributed by atoms with E-state index >= 15 is 0 Å². The lowest BCUT2D eigenvalue weighted by atomic mass is 9.96. The summed E-state index contributed by atoms with van der Waals surface area (Å²) in [5.41, 5.74) is 1.06. The molecule has 1 aliphatic heterocycles. The van der Waals surface area contributed by atoms with Crippen LogP contribution in [0.2, 0.25) is 0 Å². The van der Waals surface area contributed by atoms with Crippen LogP contribution in [0.5, 0.6) is 0 Å².